The third-order valence-electron chi connectivity index (χ3n) is 3.54. The Bertz CT molecular complexity index is 350. The summed E-state index contributed by atoms with van der Waals surface area (Å²) in [6.07, 6.45) is 3.34. The summed E-state index contributed by atoms with van der Waals surface area (Å²) in [5.74, 6) is 0.995. The standard InChI is InChI=1S/C13H19NO/c1-13(8-7-10(14)9-13)11-5-3-4-6-12(11)15-2/h3-6,10H,7-9,14H2,1-2H3. The van der Waals surface area contributed by atoms with Crippen LogP contribution in [0.5, 0.6) is 5.75 Å². The molecule has 2 N–H and O–H groups in total. The van der Waals surface area contributed by atoms with Crippen LogP contribution in [-0.2, 0) is 5.41 Å². The van der Waals surface area contributed by atoms with Gasteiger partial charge in [-0.3, -0.25) is 0 Å². The first-order valence-electron chi connectivity index (χ1n) is 5.55. The van der Waals surface area contributed by atoms with Crippen molar-refractivity contribution in [1.82, 2.24) is 0 Å². The molecule has 2 unspecified atom stereocenters. The van der Waals surface area contributed by atoms with E-state index in [9.17, 15) is 0 Å². The number of benzene rings is 1. The minimum absolute atomic E-state index is 0.200. The molecule has 0 amide bonds. The van der Waals surface area contributed by atoms with E-state index in [2.05, 4.69) is 19.1 Å². The average Bonchev–Trinajstić information content (AvgIpc) is 2.60. The average molecular weight is 205 g/mol. The molecule has 2 nitrogen and oxygen atoms in total. The molecule has 1 aliphatic rings. The lowest BCUT2D eigenvalue weighted by Crippen LogP contribution is -2.23. The van der Waals surface area contributed by atoms with E-state index in [1.807, 2.05) is 12.1 Å². The second kappa shape index (κ2) is 3.86. The maximum absolute atomic E-state index is 6.00. The molecule has 1 fully saturated rings. The van der Waals surface area contributed by atoms with Crippen molar-refractivity contribution in [1.29, 1.82) is 0 Å². The zero-order chi connectivity index (χ0) is 10.9. The van der Waals surface area contributed by atoms with E-state index >= 15 is 0 Å². The number of rotatable bonds is 2. The molecule has 15 heavy (non-hydrogen) atoms. The van der Waals surface area contributed by atoms with E-state index in [1.165, 1.54) is 5.56 Å². The Morgan fingerprint density at radius 1 is 1.40 bits per heavy atom. The van der Waals surface area contributed by atoms with Crippen molar-refractivity contribution in [3.05, 3.63) is 29.8 Å². The van der Waals surface area contributed by atoms with Gasteiger partial charge < -0.3 is 10.5 Å². The highest BCUT2D eigenvalue weighted by Crippen LogP contribution is 2.43. The number of para-hydroxylation sites is 1. The van der Waals surface area contributed by atoms with Gasteiger partial charge >= 0.3 is 0 Å². The monoisotopic (exact) mass is 205 g/mol. The predicted octanol–water partition coefficient (Wildman–Crippen LogP) is 2.46. The zero-order valence-corrected chi connectivity index (χ0v) is 9.49. The molecule has 0 bridgehead atoms. The summed E-state index contributed by atoms with van der Waals surface area (Å²) in [6.45, 7) is 2.29. The number of methoxy groups -OCH3 is 1. The SMILES string of the molecule is COc1ccccc1C1(C)CCC(N)C1. The second-order valence-electron chi connectivity index (χ2n) is 4.76. The molecule has 1 aliphatic carbocycles. The molecule has 0 saturated heterocycles. The second-order valence-corrected chi connectivity index (χ2v) is 4.76. The van der Waals surface area contributed by atoms with Gasteiger partial charge in [-0.05, 0) is 30.7 Å². The first-order valence-corrected chi connectivity index (χ1v) is 5.55. The molecular formula is C13H19NO. The van der Waals surface area contributed by atoms with Crippen LogP contribution in [0.3, 0.4) is 0 Å². The molecule has 82 valence electrons. The fourth-order valence-corrected chi connectivity index (χ4v) is 2.67. The van der Waals surface area contributed by atoms with Crippen molar-refractivity contribution < 1.29 is 4.74 Å². The fourth-order valence-electron chi connectivity index (χ4n) is 2.67. The van der Waals surface area contributed by atoms with E-state index in [0.717, 1.165) is 25.0 Å². The van der Waals surface area contributed by atoms with Crippen LogP contribution < -0.4 is 10.5 Å². The van der Waals surface area contributed by atoms with Crippen molar-refractivity contribution in [2.45, 2.75) is 37.6 Å². The predicted molar refractivity (Wildman–Crippen MR) is 62.2 cm³/mol. The molecule has 0 spiro atoms. The van der Waals surface area contributed by atoms with Crippen LogP contribution in [0, 0.1) is 0 Å². The van der Waals surface area contributed by atoms with Gasteiger partial charge in [-0.2, -0.15) is 0 Å². The molecule has 2 atom stereocenters. The minimum Gasteiger partial charge on any atom is -0.496 e. The quantitative estimate of drug-likeness (QED) is 0.805. The first-order chi connectivity index (χ1) is 7.15. The summed E-state index contributed by atoms with van der Waals surface area (Å²) in [7, 11) is 1.73. The zero-order valence-electron chi connectivity index (χ0n) is 9.49. The normalized spacial score (nSPS) is 30.5. The Balaban J connectivity index is 2.36. The van der Waals surface area contributed by atoms with Crippen molar-refractivity contribution in [3.8, 4) is 5.75 Å². The van der Waals surface area contributed by atoms with Gasteiger partial charge in [-0.1, -0.05) is 25.1 Å². The molecular weight excluding hydrogens is 186 g/mol. The van der Waals surface area contributed by atoms with E-state index in [1.54, 1.807) is 7.11 Å². The van der Waals surface area contributed by atoms with Gasteiger partial charge in [0.25, 0.3) is 0 Å². The topological polar surface area (TPSA) is 35.2 Å². The Kier molecular flexibility index (Phi) is 2.70. The van der Waals surface area contributed by atoms with Crippen molar-refractivity contribution in [3.63, 3.8) is 0 Å². The van der Waals surface area contributed by atoms with Crippen LogP contribution in [0.15, 0.2) is 24.3 Å². The smallest absolute Gasteiger partial charge is 0.122 e. The molecule has 0 aromatic heterocycles. The van der Waals surface area contributed by atoms with Gasteiger partial charge in [-0.25, -0.2) is 0 Å². The Morgan fingerprint density at radius 3 is 2.73 bits per heavy atom. The van der Waals surface area contributed by atoms with E-state index in [4.69, 9.17) is 10.5 Å². The molecule has 1 aromatic carbocycles. The molecule has 1 saturated carbocycles. The largest absolute Gasteiger partial charge is 0.496 e. The third kappa shape index (κ3) is 1.86. The Labute approximate surface area is 91.4 Å². The maximum atomic E-state index is 6.00. The molecule has 0 heterocycles. The summed E-state index contributed by atoms with van der Waals surface area (Å²) >= 11 is 0. The van der Waals surface area contributed by atoms with Crippen molar-refractivity contribution in [2.24, 2.45) is 5.73 Å². The minimum atomic E-state index is 0.200. The van der Waals surface area contributed by atoms with Crippen molar-refractivity contribution in [2.75, 3.05) is 7.11 Å². The summed E-state index contributed by atoms with van der Waals surface area (Å²) in [6, 6.07) is 8.63. The van der Waals surface area contributed by atoms with E-state index in [-0.39, 0.29) is 5.41 Å². The summed E-state index contributed by atoms with van der Waals surface area (Å²) in [4.78, 5) is 0. The highest BCUT2D eigenvalue weighted by atomic mass is 16.5. The maximum Gasteiger partial charge on any atom is 0.122 e. The highest BCUT2D eigenvalue weighted by Gasteiger charge is 2.36. The highest BCUT2D eigenvalue weighted by molar-refractivity contribution is 5.40. The lowest BCUT2D eigenvalue weighted by molar-refractivity contribution is 0.385. The number of hydrogen-bond donors (Lipinski definition) is 1. The van der Waals surface area contributed by atoms with Gasteiger partial charge in [0.15, 0.2) is 0 Å². The van der Waals surface area contributed by atoms with Crippen LogP contribution in [0.4, 0.5) is 0 Å². The molecule has 1 aromatic rings. The molecule has 0 aliphatic heterocycles. The van der Waals surface area contributed by atoms with Crippen LogP contribution in [0.25, 0.3) is 0 Å². The van der Waals surface area contributed by atoms with Gasteiger partial charge in [-0.15, -0.1) is 0 Å². The van der Waals surface area contributed by atoms with Gasteiger partial charge in [0.05, 0.1) is 7.11 Å². The summed E-state index contributed by atoms with van der Waals surface area (Å²) < 4.78 is 5.42. The molecule has 2 rings (SSSR count). The lowest BCUT2D eigenvalue weighted by Gasteiger charge is -2.26. The third-order valence-corrected chi connectivity index (χ3v) is 3.54. The number of hydrogen-bond acceptors (Lipinski definition) is 2. The Morgan fingerprint density at radius 2 is 2.13 bits per heavy atom. The van der Waals surface area contributed by atoms with E-state index in [0.29, 0.717) is 6.04 Å². The summed E-state index contributed by atoms with van der Waals surface area (Å²) in [5.41, 5.74) is 7.50. The van der Waals surface area contributed by atoms with Crippen molar-refractivity contribution >= 4 is 0 Å². The number of nitrogens with two attached hydrogens (primary N) is 1. The Hall–Kier alpha value is -1.02. The van der Waals surface area contributed by atoms with Gasteiger partial charge in [0.1, 0.15) is 5.75 Å². The van der Waals surface area contributed by atoms with Crippen LogP contribution in [-0.4, -0.2) is 13.2 Å². The fraction of sp³-hybridized carbons (Fsp3) is 0.538. The number of ether oxygens (including phenoxy) is 1. The molecule has 2 heteroatoms. The molecule has 0 radical (unpaired) electrons. The lowest BCUT2D eigenvalue weighted by atomic mass is 9.80. The van der Waals surface area contributed by atoms with Crippen LogP contribution in [0.1, 0.15) is 31.7 Å². The van der Waals surface area contributed by atoms with Crippen LogP contribution >= 0.6 is 0 Å². The van der Waals surface area contributed by atoms with E-state index < -0.39 is 0 Å². The van der Waals surface area contributed by atoms with Crippen LogP contribution in [0.2, 0.25) is 0 Å². The first kappa shape index (κ1) is 10.5. The van der Waals surface area contributed by atoms with Gasteiger partial charge in [0.2, 0.25) is 0 Å². The van der Waals surface area contributed by atoms with Gasteiger partial charge in [0, 0.05) is 11.6 Å². The summed E-state index contributed by atoms with van der Waals surface area (Å²) in [5, 5.41) is 0.